The fourth-order valence-electron chi connectivity index (χ4n) is 4.57. The van der Waals surface area contributed by atoms with Crippen LogP contribution in [0.1, 0.15) is 83.5 Å². The Bertz CT molecular complexity index is 751. The van der Waals surface area contributed by atoms with Gasteiger partial charge in [-0.05, 0) is 67.0 Å². The number of aromatic nitrogens is 1. The summed E-state index contributed by atoms with van der Waals surface area (Å²) in [5.41, 5.74) is 3.02. The molecule has 0 aromatic carbocycles. The van der Waals surface area contributed by atoms with Gasteiger partial charge < -0.3 is 9.47 Å². The molecule has 0 amide bonds. The van der Waals surface area contributed by atoms with Crippen LogP contribution in [0.4, 0.5) is 0 Å². The average molecular weight is 469 g/mol. The number of nitrogens with zero attached hydrogens (tertiary/aromatic N) is 1. The van der Waals surface area contributed by atoms with Crippen molar-refractivity contribution >= 4 is 34.3 Å². The highest BCUT2D eigenvalue weighted by Crippen LogP contribution is 2.51. The van der Waals surface area contributed by atoms with Crippen LogP contribution in [0.25, 0.3) is 0 Å². The van der Waals surface area contributed by atoms with E-state index in [0.29, 0.717) is 37.4 Å². The zero-order chi connectivity index (χ0) is 18.3. The number of Topliss-reactive ketones (excluding diaryl/α,β-unsaturated/α-hetero) is 1. The number of ether oxygens (including phenoxy) is 2. The quantitative estimate of drug-likeness (QED) is 0.494. The first-order chi connectivity index (χ1) is 12.5. The maximum Gasteiger partial charge on any atom is 0.341 e. The van der Waals surface area contributed by atoms with E-state index in [-0.39, 0.29) is 23.1 Å². The number of pyridine rings is 1. The summed E-state index contributed by atoms with van der Waals surface area (Å²) in [5.74, 6) is -0.0197. The Labute approximate surface area is 167 Å². The van der Waals surface area contributed by atoms with Crippen LogP contribution < -0.4 is 0 Å². The van der Waals surface area contributed by atoms with Crippen molar-refractivity contribution in [3.8, 4) is 0 Å². The molecule has 0 unspecified atom stereocenters. The van der Waals surface area contributed by atoms with Crippen molar-refractivity contribution in [2.45, 2.75) is 57.8 Å². The number of carbonyl (C=O) groups excluding carboxylic acids is 2. The van der Waals surface area contributed by atoms with Gasteiger partial charge >= 0.3 is 5.97 Å². The highest BCUT2D eigenvalue weighted by molar-refractivity contribution is 14.1. The van der Waals surface area contributed by atoms with E-state index >= 15 is 0 Å². The molecule has 140 valence electrons. The molecule has 2 fully saturated rings. The highest BCUT2D eigenvalue weighted by Gasteiger charge is 2.45. The average Bonchev–Trinajstić information content (AvgIpc) is 2.60. The molecule has 2 aliphatic carbocycles. The van der Waals surface area contributed by atoms with Gasteiger partial charge in [0.2, 0.25) is 0 Å². The van der Waals surface area contributed by atoms with Crippen LogP contribution in [0.2, 0.25) is 0 Å². The van der Waals surface area contributed by atoms with Crippen LogP contribution in [0.3, 0.4) is 0 Å². The van der Waals surface area contributed by atoms with Crippen LogP contribution in [0, 0.1) is 8.99 Å². The number of hydrogen-bond donors (Lipinski definition) is 0. The highest BCUT2D eigenvalue weighted by atomic mass is 127. The lowest BCUT2D eigenvalue weighted by molar-refractivity contribution is 0.0516. The first-order valence-corrected chi connectivity index (χ1v) is 10.6. The number of halogens is 1. The second-order valence-electron chi connectivity index (χ2n) is 7.75. The Hall–Kier alpha value is -1.02. The molecule has 0 atom stereocenters. The summed E-state index contributed by atoms with van der Waals surface area (Å²) < 4.78 is 11.5. The van der Waals surface area contributed by atoms with Crippen molar-refractivity contribution in [1.29, 1.82) is 0 Å². The predicted octanol–water partition coefficient (Wildman–Crippen LogP) is 4.06. The molecule has 5 nitrogen and oxygen atoms in total. The molecular formula is C20H24INO4. The number of rotatable bonds is 3. The largest absolute Gasteiger partial charge is 0.462 e. The van der Waals surface area contributed by atoms with E-state index in [9.17, 15) is 9.59 Å². The van der Waals surface area contributed by atoms with Gasteiger partial charge in [-0.15, -0.1) is 0 Å². The molecule has 1 saturated carbocycles. The standard InChI is InChI=1S/C20H24INO4/c1-2-26-19(24)16-17(21)15-13(10-20(6-3-7-20)11-14(15)23)22-18(16)12-4-8-25-9-5-12/h12H,2-11H2,1H3. The van der Waals surface area contributed by atoms with Gasteiger partial charge in [0.1, 0.15) is 0 Å². The Morgan fingerprint density at radius 3 is 2.65 bits per heavy atom. The Kier molecular flexibility index (Phi) is 5.07. The summed E-state index contributed by atoms with van der Waals surface area (Å²) >= 11 is 2.16. The molecule has 1 spiro atoms. The first-order valence-electron chi connectivity index (χ1n) is 9.55. The SMILES string of the molecule is CCOC(=O)c1c(C2CCOCC2)nc2c(c1I)C(=O)CC1(CCC1)C2. The predicted molar refractivity (Wildman–Crippen MR) is 105 cm³/mol. The van der Waals surface area contributed by atoms with Crippen LogP contribution in [-0.4, -0.2) is 36.6 Å². The van der Waals surface area contributed by atoms with Crippen molar-refractivity contribution in [3.05, 3.63) is 26.1 Å². The van der Waals surface area contributed by atoms with Gasteiger partial charge in [0.15, 0.2) is 5.78 Å². The minimum absolute atomic E-state index is 0.124. The van der Waals surface area contributed by atoms with E-state index in [2.05, 4.69) is 22.6 Å². The van der Waals surface area contributed by atoms with Crippen molar-refractivity contribution in [2.75, 3.05) is 19.8 Å². The summed E-state index contributed by atoms with van der Waals surface area (Å²) in [5, 5.41) is 0. The maximum atomic E-state index is 12.9. The smallest absolute Gasteiger partial charge is 0.341 e. The number of esters is 1. The van der Waals surface area contributed by atoms with Gasteiger partial charge in [0.25, 0.3) is 0 Å². The van der Waals surface area contributed by atoms with Crippen molar-refractivity contribution < 1.29 is 19.1 Å². The third-order valence-corrected chi connectivity index (χ3v) is 7.18. The lowest BCUT2D eigenvalue weighted by Crippen LogP contribution is -2.39. The lowest BCUT2D eigenvalue weighted by atomic mass is 9.60. The number of carbonyl (C=O) groups is 2. The van der Waals surface area contributed by atoms with Crippen LogP contribution in [0.15, 0.2) is 0 Å². The zero-order valence-electron chi connectivity index (χ0n) is 15.1. The summed E-state index contributed by atoms with van der Waals surface area (Å²) in [4.78, 5) is 30.6. The zero-order valence-corrected chi connectivity index (χ0v) is 17.3. The van der Waals surface area contributed by atoms with Gasteiger partial charge in [-0.2, -0.15) is 0 Å². The van der Waals surface area contributed by atoms with Crippen LogP contribution >= 0.6 is 22.6 Å². The molecule has 1 saturated heterocycles. The molecular weight excluding hydrogens is 445 g/mol. The molecule has 1 aromatic rings. The third-order valence-electron chi connectivity index (χ3n) is 6.10. The summed E-state index contributed by atoms with van der Waals surface area (Å²) in [6.45, 7) is 3.49. The number of hydrogen-bond acceptors (Lipinski definition) is 5. The summed E-state index contributed by atoms with van der Waals surface area (Å²) in [6, 6.07) is 0. The molecule has 6 heteroatoms. The van der Waals surface area contributed by atoms with Gasteiger partial charge in [0.05, 0.1) is 29.1 Å². The van der Waals surface area contributed by atoms with Crippen LogP contribution in [-0.2, 0) is 15.9 Å². The second kappa shape index (κ2) is 7.19. The van der Waals surface area contributed by atoms with Crippen molar-refractivity contribution in [1.82, 2.24) is 4.98 Å². The van der Waals surface area contributed by atoms with Gasteiger partial charge in [0, 0.05) is 29.1 Å². The monoisotopic (exact) mass is 469 g/mol. The van der Waals surface area contributed by atoms with Crippen molar-refractivity contribution in [2.24, 2.45) is 5.41 Å². The minimum Gasteiger partial charge on any atom is -0.462 e. The van der Waals surface area contributed by atoms with E-state index in [4.69, 9.17) is 14.5 Å². The van der Waals surface area contributed by atoms with E-state index in [1.807, 2.05) is 0 Å². The molecule has 0 radical (unpaired) electrons. The molecule has 4 rings (SSSR count). The normalized spacial score (nSPS) is 22.0. The van der Waals surface area contributed by atoms with E-state index < -0.39 is 0 Å². The summed E-state index contributed by atoms with van der Waals surface area (Å²) in [6.07, 6.45) is 6.60. The molecule has 2 heterocycles. The maximum absolute atomic E-state index is 12.9. The molecule has 1 aromatic heterocycles. The summed E-state index contributed by atoms with van der Waals surface area (Å²) in [7, 11) is 0. The van der Waals surface area contributed by atoms with E-state index in [0.717, 1.165) is 47.1 Å². The van der Waals surface area contributed by atoms with Gasteiger partial charge in [-0.25, -0.2) is 4.79 Å². The third kappa shape index (κ3) is 3.09. The molecule has 1 aliphatic heterocycles. The Morgan fingerprint density at radius 2 is 2.04 bits per heavy atom. The Morgan fingerprint density at radius 1 is 1.31 bits per heavy atom. The molecule has 0 N–H and O–H groups in total. The van der Waals surface area contributed by atoms with Crippen molar-refractivity contribution in [3.63, 3.8) is 0 Å². The molecule has 0 bridgehead atoms. The van der Waals surface area contributed by atoms with E-state index in [1.54, 1.807) is 6.92 Å². The minimum atomic E-state index is -0.356. The number of fused-ring (bicyclic) bond motifs is 1. The number of ketones is 1. The Balaban J connectivity index is 1.83. The van der Waals surface area contributed by atoms with Gasteiger partial charge in [-0.3, -0.25) is 9.78 Å². The first kappa shape index (κ1) is 18.3. The lowest BCUT2D eigenvalue weighted by Gasteiger charge is -2.44. The van der Waals surface area contributed by atoms with Gasteiger partial charge in [-0.1, -0.05) is 6.42 Å². The molecule has 3 aliphatic rings. The second-order valence-corrected chi connectivity index (χ2v) is 8.82. The topological polar surface area (TPSA) is 65.5 Å². The molecule has 26 heavy (non-hydrogen) atoms. The fraction of sp³-hybridized carbons (Fsp3) is 0.650. The van der Waals surface area contributed by atoms with E-state index in [1.165, 1.54) is 6.42 Å². The fourth-order valence-corrected chi connectivity index (χ4v) is 5.68. The van der Waals surface area contributed by atoms with Crippen LogP contribution in [0.5, 0.6) is 0 Å².